The third kappa shape index (κ3) is 2.02. The van der Waals surface area contributed by atoms with Crippen LogP contribution in [0.3, 0.4) is 0 Å². The van der Waals surface area contributed by atoms with Gasteiger partial charge in [0.15, 0.2) is 0 Å². The molecule has 2 aromatic heterocycles. The molecule has 96 valence electrons. The largest absolute Gasteiger partial charge is 0.380 e. The number of hydrogen-bond acceptors (Lipinski definition) is 6. The zero-order valence-corrected chi connectivity index (χ0v) is 10.3. The first-order valence-corrected chi connectivity index (χ1v) is 5.86. The smallest absolute Gasteiger partial charge is 0.244 e. The Hall–Kier alpha value is -1.73. The standard InChI is InChI=1S/C11H15N5O2/c1-16-4-3-8(14-16)10-13-11(18-15-10)9-5-7(17-2)6-12-9/h3-4,7,9,12H,5-6H2,1-2H3. The van der Waals surface area contributed by atoms with Crippen LogP contribution < -0.4 is 5.32 Å². The summed E-state index contributed by atoms with van der Waals surface area (Å²) in [6.45, 7) is 0.808. The average molecular weight is 249 g/mol. The molecule has 1 fully saturated rings. The fraction of sp³-hybridized carbons (Fsp3) is 0.545. The van der Waals surface area contributed by atoms with E-state index in [-0.39, 0.29) is 12.1 Å². The Bertz CT molecular complexity index is 535. The number of aromatic nitrogens is 4. The van der Waals surface area contributed by atoms with Crippen molar-refractivity contribution >= 4 is 0 Å². The van der Waals surface area contributed by atoms with Crippen LogP contribution in [-0.2, 0) is 11.8 Å². The lowest BCUT2D eigenvalue weighted by Crippen LogP contribution is -2.16. The Morgan fingerprint density at radius 1 is 1.56 bits per heavy atom. The monoisotopic (exact) mass is 249 g/mol. The van der Waals surface area contributed by atoms with E-state index in [1.165, 1.54) is 0 Å². The lowest BCUT2D eigenvalue weighted by Gasteiger charge is -2.04. The maximum Gasteiger partial charge on any atom is 0.244 e. The summed E-state index contributed by atoms with van der Waals surface area (Å²) >= 11 is 0. The van der Waals surface area contributed by atoms with E-state index in [1.807, 2.05) is 19.3 Å². The van der Waals surface area contributed by atoms with Gasteiger partial charge in [-0.2, -0.15) is 10.1 Å². The van der Waals surface area contributed by atoms with Crippen molar-refractivity contribution in [2.45, 2.75) is 18.6 Å². The van der Waals surface area contributed by atoms with Crippen molar-refractivity contribution in [3.05, 3.63) is 18.2 Å². The minimum absolute atomic E-state index is 0.0694. The van der Waals surface area contributed by atoms with Crippen LogP contribution in [0, 0.1) is 0 Å². The maximum absolute atomic E-state index is 5.29. The summed E-state index contributed by atoms with van der Waals surface area (Å²) in [5, 5.41) is 11.5. The zero-order valence-electron chi connectivity index (χ0n) is 10.3. The first kappa shape index (κ1) is 11.4. The van der Waals surface area contributed by atoms with Crippen molar-refractivity contribution in [1.82, 2.24) is 25.2 Å². The van der Waals surface area contributed by atoms with Crippen LogP contribution in [0.4, 0.5) is 0 Å². The number of ether oxygens (including phenoxy) is 1. The molecular weight excluding hydrogens is 234 g/mol. The second kappa shape index (κ2) is 4.51. The Labute approximate surface area is 104 Å². The third-order valence-corrected chi connectivity index (χ3v) is 3.11. The molecule has 2 aromatic rings. The van der Waals surface area contributed by atoms with Crippen molar-refractivity contribution in [1.29, 1.82) is 0 Å². The fourth-order valence-electron chi connectivity index (χ4n) is 2.09. The highest BCUT2D eigenvalue weighted by atomic mass is 16.5. The first-order chi connectivity index (χ1) is 8.76. The van der Waals surface area contributed by atoms with Gasteiger partial charge in [-0.25, -0.2) is 0 Å². The molecule has 2 unspecified atom stereocenters. The highest BCUT2D eigenvalue weighted by Crippen LogP contribution is 2.24. The van der Waals surface area contributed by atoms with Gasteiger partial charge in [0, 0.05) is 26.9 Å². The number of rotatable bonds is 3. The molecule has 18 heavy (non-hydrogen) atoms. The Morgan fingerprint density at radius 3 is 3.11 bits per heavy atom. The van der Waals surface area contributed by atoms with Crippen LogP contribution in [0.2, 0.25) is 0 Å². The summed E-state index contributed by atoms with van der Waals surface area (Å²) in [6, 6.07) is 1.93. The van der Waals surface area contributed by atoms with Crippen molar-refractivity contribution in [3.63, 3.8) is 0 Å². The first-order valence-electron chi connectivity index (χ1n) is 5.86. The molecule has 0 radical (unpaired) electrons. The highest BCUT2D eigenvalue weighted by molar-refractivity contribution is 5.46. The van der Waals surface area contributed by atoms with Crippen molar-refractivity contribution in [2.24, 2.45) is 7.05 Å². The molecule has 3 rings (SSSR count). The molecule has 0 bridgehead atoms. The van der Waals surface area contributed by atoms with Gasteiger partial charge in [0.25, 0.3) is 0 Å². The maximum atomic E-state index is 5.29. The van der Waals surface area contributed by atoms with E-state index < -0.39 is 0 Å². The molecule has 0 aliphatic carbocycles. The van der Waals surface area contributed by atoms with Gasteiger partial charge in [-0.3, -0.25) is 4.68 Å². The van der Waals surface area contributed by atoms with E-state index in [2.05, 4.69) is 20.6 Å². The number of nitrogens with zero attached hydrogens (tertiary/aromatic N) is 4. The molecular formula is C11H15N5O2. The number of hydrogen-bond donors (Lipinski definition) is 1. The van der Waals surface area contributed by atoms with Crippen molar-refractivity contribution in [3.8, 4) is 11.5 Å². The molecule has 1 saturated heterocycles. The molecule has 1 aliphatic heterocycles. The molecule has 0 amide bonds. The van der Waals surface area contributed by atoms with Crippen LogP contribution in [0.15, 0.2) is 16.8 Å². The van der Waals surface area contributed by atoms with E-state index in [1.54, 1.807) is 11.8 Å². The number of nitrogens with one attached hydrogen (secondary N) is 1. The van der Waals surface area contributed by atoms with Crippen LogP contribution in [0.1, 0.15) is 18.4 Å². The SMILES string of the molecule is COC1CNC(c2nc(-c3ccn(C)n3)no2)C1. The lowest BCUT2D eigenvalue weighted by atomic mass is 10.2. The van der Waals surface area contributed by atoms with Crippen LogP contribution >= 0.6 is 0 Å². The molecule has 0 aromatic carbocycles. The average Bonchev–Trinajstić information content (AvgIpc) is 3.07. The number of aryl methyl sites for hydroxylation is 1. The summed E-state index contributed by atoms with van der Waals surface area (Å²) in [6.07, 6.45) is 2.90. The van der Waals surface area contributed by atoms with E-state index >= 15 is 0 Å². The summed E-state index contributed by atoms with van der Waals surface area (Å²) in [7, 11) is 3.56. The second-order valence-electron chi connectivity index (χ2n) is 4.39. The molecule has 1 aliphatic rings. The van der Waals surface area contributed by atoms with Crippen LogP contribution in [-0.4, -0.2) is 39.7 Å². The van der Waals surface area contributed by atoms with Gasteiger partial charge in [0.2, 0.25) is 11.7 Å². The second-order valence-corrected chi connectivity index (χ2v) is 4.39. The van der Waals surface area contributed by atoms with Gasteiger partial charge in [-0.15, -0.1) is 0 Å². The summed E-state index contributed by atoms with van der Waals surface area (Å²) in [5.74, 6) is 1.11. The Balaban J connectivity index is 1.78. The third-order valence-electron chi connectivity index (χ3n) is 3.11. The van der Waals surface area contributed by atoms with Gasteiger partial charge in [-0.05, 0) is 12.5 Å². The fourth-order valence-corrected chi connectivity index (χ4v) is 2.09. The molecule has 0 saturated carbocycles. The van der Waals surface area contributed by atoms with E-state index in [0.29, 0.717) is 17.4 Å². The summed E-state index contributed by atoms with van der Waals surface area (Å²) in [4.78, 5) is 4.37. The summed E-state index contributed by atoms with van der Waals surface area (Å²) in [5.41, 5.74) is 0.716. The van der Waals surface area contributed by atoms with Gasteiger partial charge >= 0.3 is 0 Å². The normalized spacial score (nSPS) is 23.7. The van der Waals surface area contributed by atoms with Crippen LogP contribution in [0.5, 0.6) is 0 Å². The van der Waals surface area contributed by atoms with Crippen molar-refractivity contribution in [2.75, 3.05) is 13.7 Å². The molecule has 7 nitrogen and oxygen atoms in total. The lowest BCUT2D eigenvalue weighted by molar-refractivity contribution is 0.116. The minimum atomic E-state index is 0.0694. The van der Waals surface area contributed by atoms with E-state index in [4.69, 9.17) is 9.26 Å². The quantitative estimate of drug-likeness (QED) is 0.854. The topological polar surface area (TPSA) is 78.0 Å². The van der Waals surface area contributed by atoms with Gasteiger partial charge in [-0.1, -0.05) is 5.16 Å². The van der Waals surface area contributed by atoms with E-state index in [0.717, 1.165) is 13.0 Å². The van der Waals surface area contributed by atoms with Crippen molar-refractivity contribution < 1.29 is 9.26 Å². The van der Waals surface area contributed by atoms with Gasteiger partial charge in [0.1, 0.15) is 5.69 Å². The Morgan fingerprint density at radius 2 is 2.44 bits per heavy atom. The molecule has 7 heteroatoms. The number of methoxy groups -OCH3 is 1. The van der Waals surface area contributed by atoms with Gasteiger partial charge < -0.3 is 14.6 Å². The van der Waals surface area contributed by atoms with Gasteiger partial charge in [0.05, 0.1) is 12.1 Å². The predicted molar refractivity (Wildman–Crippen MR) is 62.7 cm³/mol. The molecule has 3 heterocycles. The Kier molecular flexibility index (Phi) is 2.85. The van der Waals surface area contributed by atoms with E-state index in [9.17, 15) is 0 Å². The molecule has 1 N–H and O–H groups in total. The summed E-state index contributed by atoms with van der Waals surface area (Å²) < 4.78 is 12.3. The van der Waals surface area contributed by atoms with Crippen LogP contribution in [0.25, 0.3) is 11.5 Å². The zero-order chi connectivity index (χ0) is 12.5. The predicted octanol–water partition coefficient (Wildman–Crippen LogP) is 0.519. The minimum Gasteiger partial charge on any atom is -0.380 e. The molecule has 2 atom stereocenters. The molecule has 0 spiro atoms. The highest BCUT2D eigenvalue weighted by Gasteiger charge is 2.29.